The maximum absolute atomic E-state index is 4.83. The van der Waals surface area contributed by atoms with Crippen LogP contribution in [0.5, 0.6) is 0 Å². The van der Waals surface area contributed by atoms with Crippen LogP contribution in [-0.2, 0) is 0 Å². The summed E-state index contributed by atoms with van der Waals surface area (Å²) in [6.07, 6.45) is 8.93. The highest BCUT2D eigenvalue weighted by Gasteiger charge is 2.32. The van der Waals surface area contributed by atoms with Gasteiger partial charge in [0.05, 0.1) is 6.04 Å². The van der Waals surface area contributed by atoms with E-state index in [1.54, 1.807) is 11.3 Å². The van der Waals surface area contributed by atoms with Crippen molar-refractivity contribution in [1.82, 2.24) is 25.3 Å². The number of nitrogens with zero attached hydrogens (tertiary/aromatic N) is 6. The summed E-state index contributed by atoms with van der Waals surface area (Å²) in [5.41, 5.74) is 0.908. The number of rotatable bonds is 4. The van der Waals surface area contributed by atoms with Crippen LogP contribution in [0.1, 0.15) is 49.6 Å². The molecule has 2 aliphatic rings. The van der Waals surface area contributed by atoms with Crippen molar-refractivity contribution in [3.63, 3.8) is 0 Å². The van der Waals surface area contributed by atoms with Gasteiger partial charge in [-0.1, -0.05) is 12.8 Å². The Morgan fingerprint density at radius 1 is 1.08 bits per heavy atom. The van der Waals surface area contributed by atoms with E-state index < -0.39 is 0 Å². The highest BCUT2D eigenvalue weighted by molar-refractivity contribution is 7.09. The zero-order valence-electron chi connectivity index (χ0n) is 13.8. The minimum Gasteiger partial charge on any atom is -0.364 e. The summed E-state index contributed by atoms with van der Waals surface area (Å²) in [5, 5.41) is 14.5. The fourth-order valence-electron chi connectivity index (χ4n) is 3.87. The topological polar surface area (TPSA) is 92.9 Å². The van der Waals surface area contributed by atoms with E-state index >= 15 is 0 Å². The standard InChI is InChI=1S/C16H19N7OS/c1-2-5-10(4-1)18-14-15(20-13-12(19-14)21-24-22-13)23-8-3-6-11(23)16-17-7-9-25-16/h7,9-11H,1-6,8H2,(H,18,19,21)/t11-/m1/s1. The van der Waals surface area contributed by atoms with Crippen molar-refractivity contribution in [2.24, 2.45) is 0 Å². The van der Waals surface area contributed by atoms with E-state index in [9.17, 15) is 0 Å². The van der Waals surface area contributed by atoms with E-state index in [1.165, 1.54) is 25.7 Å². The second-order valence-corrected chi connectivity index (χ2v) is 7.58. The van der Waals surface area contributed by atoms with Crippen molar-refractivity contribution in [3.05, 3.63) is 16.6 Å². The lowest BCUT2D eigenvalue weighted by Crippen LogP contribution is -2.27. The number of anilines is 2. The van der Waals surface area contributed by atoms with Gasteiger partial charge in [-0.2, -0.15) is 0 Å². The van der Waals surface area contributed by atoms with E-state index in [1.807, 2.05) is 11.6 Å². The number of hydrogen-bond donors (Lipinski definition) is 1. The van der Waals surface area contributed by atoms with Crippen LogP contribution in [-0.4, -0.2) is 37.9 Å². The fourth-order valence-corrected chi connectivity index (χ4v) is 4.65. The first-order valence-electron chi connectivity index (χ1n) is 8.81. The molecule has 1 N–H and O–H groups in total. The molecule has 0 amide bonds. The summed E-state index contributed by atoms with van der Waals surface area (Å²) >= 11 is 1.69. The highest BCUT2D eigenvalue weighted by Crippen LogP contribution is 2.39. The van der Waals surface area contributed by atoms with E-state index in [4.69, 9.17) is 9.61 Å². The summed E-state index contributed by atoms with van der Waals surface area (Å²) in [4.78, 5) is 16.2. The van der Waals surface area contributed by atoms with E-state index in [0.717, 1.165) is 36.0 Å². The van der Waals surface area contributed by atoms with Gasteiger partial charge in [0, 0.05) is 24.2 Å². The number of nitrogens with one attached hydrogen (secondary N) is 1. The molecule has 0 aromatic carbocycles. The molecule has 0 unspecified atom stereocenters. The Balaban J connectivity index is 1.55. The van der Waals surface area contributed by atoms with Crippen LogP contribution in [0, 0.1) is 0 Å². The van der Waals surface area contributed by atoms with Crippen LogP contribution in [0.4, 0.5) is 11.6 Å². The largest absolute Gasteiger partial charge is 0.364 e. The first kappa shape index (κ1) is 15.0. The van der Waals surface area contributed by atoms with Gasteiger partial charge in [0.15, 0.2) is 11.6 Å². The molecule has 3 aromatic heterocycles. The van der Waals surface area contributed by atoms with Crippen LogP contribution in [0.3, 0.4) is 0 Å². The molecule has 1 aliphatic heterocycles. The summed E-state index contributed by atoms with van der Waals surface area (Å²) < 4.78 is 4.83. The molecule has 9 heteroatoms. The molecular formula is C16H19N7OS. The Labute approximate surface area is 148 Å². The summed E-state index contributed by atoms with van der Waals surface area (Å²) in [7, 11) is 0. The maximum atomic E-state index is 4.83. The molecule has 130 valence electrons. The first-order chi connectivity index (χ1) is 12.4. The molecule has 1 saturated carbocycles. The van der Waals surface area contributed by atoms with Gasteiger partial charge in [0.1, 0.15) is 5.01 Å². The third kappa shape index (κ3) is 2.72. The quantitative estimate of drug-likeness (QED) is 0.761. The third-order valence-electron chi connectivity index (χ3n) is 5.05. The molecule has 0 spiro atoms. The fraction of sp³-hybridized carbons (Fsp3) is 0.562. The van der Waals surface area contributed by atoms with Gasteiger partial charge >= 0.3 is 0 Å². The SMILES string of the molecule is c1csc([C@H]2CCCN2c2nc3nonc3nc2NC2CCCC2)n1. The molecule has 4 heterocycles. The van der Waals surface area contributed by atoms with Crippen LogP contribution >= 0.6 is 11.3 Å². The Kier molecular flexibility index (Phi) is 3.73. The number of aromatic nitrogens is 5. The predicted octanol–water partition coefficient (Wildman–Crippen LogP) is 3.17. The van der Waals surface area contributed by atoms with Gasteiger partial charge in [-0.3, -0.25) is 0 Å². The lowest BCUT2D eigenvalue weighted by Gasteiger charge is -2.26. The highest BCUT2D eigenvalue weighted by atomic mass is 32.1. The Hall–Kier alpha value is -2.29. The zero-order valence-corrected chi connectivity index (χ0v) is 14.6. The summed E-state index contributed by atoms with van der Waals surface area (Å²) in [6.45, 7) is 0.940. The summed E-state index contributed by atoms with van der Waals surface area (Å²) in [5.74, 6) is 1.63. The Morgan fingerprint density at radius 2 is 1.92 bits per heavy atom. The average Bonchev–Trinajstić information content (AvgIpc) is 3.39. The summed E-state index contributed by atoms with van der Waals surface area (Å²) in [6, 6.07) is 0.696. The molecule has 8 nitrogen and oxygen atoms in total. The molecule has 0 radical (unpaired) electrons. The number of fused-ring (bicyclic) bond motifs is 1. The Bertz CT molecular complexity index is 859. The van der Waals surface area contributed by atoms with E-state index in [-0.39, 0.29) is 6.04 Å². The zero-order chi connectivity index (χ0) is 16.6. The van der Waals surface area contributed by atoms with E-state index in [2.05, 4.69) is 30.5 Å². The van der Waals surface area contributed by atoms with Gasteiger partial charge < -0.3 is 10.2 Å². The van der Waals surface area contributed by atoms with Crippen LogP contribution in [0.25, 0.3) is 11.3 Å². The predicted molar refractivity (Wildman–Crippen MR) is 94.7 cm³/mol. The molecule has 5 rings (SSSR count). The molecule has 1 saturated heterocycles. The van der Waals surface area contributed by atoms with Crippen molar-refractivity contribution in [2.45, 2.75) is 50.6 Å². The molecular weight excluding hydrogens is 338 g/mol. The third-order valence-corrected chi connectivity index (χ3v) is 5.93. The van der Waals surface area contributed by atoms with Crippen molar-refractivity contribution in [2.75, 3.05) is 16.8 Å². The van der Waals surface area contributed by atoms with Crippen LogP contribution in [0.15, 0.2) is 16.2 Å². The van der Waals surface area contributed by atoms with Gasteiger partial charge in [-0.15, -0.1) is 11.3 Å². The van der Waals surface area contributed by atoms with Gasteiger partial charge in [0.25, 0.3) is 0 Å². The minimum atomic E-state index is 0.246. The monoisotopic (exact) mass is 357 g/mol. The van der Waals surface area contributed by atoms with Crippen molar-refractivity contribution in [1.29, 1.82) is 0 Å². The van der Waals surface area contributed by atoms with E-state index in [0.29, 0.717) is 17.3 Å². The van der Waals surface area contributed by atoms with Crippen molar-refractivity contribution in [3.8, 4) is 0 Å². The van der Waals surface area contributed by atoms with Crippen molar-refractivity contribution >= 4 is 34.3 Å². The second kappa shape index (κ2) is 6.21. The number of hydrogen-bond acceptors (Lipinski definition) is 9. The van der Waals surface area contributed by atoms with Gasteiger partial charge in [0.2, 0.25) is 11.3 Å². The smallest absolute Gasteiger partial charge is 0.245 e. The number of thiazole rings is 1. The lowest BCUT2D eigenvalue weighted by molar-refractivity contribution is 0.314. The maximum Gasteiger partial charge on any atom is 0.245 e. The first-order valence-corrected chi connectivity index (χ1v) is 9.69. The van der Waals surface area contributed by atoms with Crippen LogP contribution in [0.2, 0.25) is 0 Å². The normalized spacial score (nSPS) is 21.4. The molecule has 2 fully saturated rings. The molecule has 25 heavy (non-hydrogen) atoms. The Morgan fingerprint density at radius 3 is 2.72 bits per heavy atom. The molecule has 0 bridgehead atoms. The molecule has 3 aromatic rings. The van der Waals surface area contributed by atoms with Gasteiger partial charge in [-0.05, 0) is 36.0 Å². The second-order valence-electron chi connectivity index (χ2n) is 6.65. The van der Waals surface area contributed by atoms with Crippen LogP contribution < -0.4 is 10.2 Å². The lowest BCUT2D eigenvalue weighted by atomic mass is 10.2. The minimum absolute atomic E-state index is 0.246. The van der Waals surface area contributed by atoms with Gasteiger partial charge in [-0.25, -0.2) is 19.6 Å². The average molecular weight is 357 g/mol. The molecule has 1 aliphatic carbocycles. The molecule has 1 atom stereocenters. The van der Waals surface area contributed by atoms with Crippen molar-refractivity contribution < 1.29 is 4.63 Å².